The maximum atomic E-state index is 12.8. The van der Waals surface area contributed by atoms with Crippen molar-refractivity contribution in [2.45, 2.75) is 25.1 Å². The summed E-state index contributed by atoms with van der Waals surface area (Å²) in [5.74, 6) is -2.66. The van der Waals surface area contributed by atoms with Crippen LogP contribution in [0, 0.1) is 5.92 Å². The normalized spacial score (nSPS) is 47.7. The van der Waals surface area contributed by atoms with Crippen molar-refractivity contribution in [1.82, 2.24) is 0 Å². The van der Waals surface area contributed by atoms with Crippen LogP contribution in [-0.4, -0.2) is 31.3 Å². The molecule has 0 spiro atoms. The van der Waals surface area contributed by atoms with Gasteiger partial charge >= 0.3 is 0 Å². The third-order valence-electron chi connectivity index (χ3n) is 2.28. The Labute approximate surface area is 63.5 Å². The number of fused-ring (bicyclic) bond motifs is 1. The Hall–Kier alpha value is -0.220. The fourth-order valence-corrected chi connectivity index (χ4v) is 1.65. The topological polar surface area (TPSA) is 18.5 Å². The van der Waals surface area contributed by atoms with Crippen LogP contribution in [-0.2, 0) is 9.47 Å². The third kappa shape index (κ3) is 0.964. The lowest BCUT2D eigenvalue weighted by Gasteiger charge is -2.13. The summed E-state index contributed by atoms with van der Waals surface area (Å²) in [6.07, 6.45) is -1.37. The Bertz CT molecular complexity index is 172. The molecule has 64 valence electrons. The Kier molecular flexibility index (Phi) is 1.44. The van der Waals surface area contributed by atoms with Crippen LogP contribution in [0.4, 0.5) is 8.78 Å². The minimum absolute atomic E-state index is 0.105. The minimum Gasteiger partial charge on any atom is -0.369 e. The molecule has 0 aliphatic carbocycles. The number of hydrogen-bond donors (Lipinski definition) is 0. The predicted molar refractivity (Wildman–Crippen MR) is 33.6 cm³/mol. The molecule has 0 aromatic carbocycles. The molecule has 2 nitrogen and oxygen atoms in total. The van der Waals surface area contributed by atoms with Crippen LogP contribution in [0.1, 0.15) is 6.92 Å². The van der Waals surface area contributed by atoms with Crippen LogP contribution >= 0.6 is 0 Å². The molecule has 0 N–H and O–H groups in total. The molecule has 0 saturated carbocycles. The molecule has 2 aliphatic heterocycles. The summed E-state index contributed by atoms with van der Waals surface area (Å²) in [6.45, 7) is 1.78. The zero-order valence-corrected chi connectivity index (χ0v) is 6.22. The van der Waals surface area contributed by atoms with Crippen LogP contribution in [0.5, 0.6) is 0 Å². The Morgan fingerprint density at radius 2 is 2.09 bits per heavy atom. The lowest BCUT2D eigenvalue weighted by Crippen LogP contribution is -2.34. The van der Waals surface area contributed by atoms with Crippen LogP contribution in [0.2, 0.25) is 0 Å². The minimum atomic E-state index is -2.77. The first kappa shape index (κ1) is 7.43. The molecule has 0 aromatic heterocycles. The van der Waals surface area contributed by atoms with Crippen molar-refractivity contribution < 1.29 is 18.3 Å². The summed E-state index contributed by atoms with van der Waals surface area (Å²) in [4.78, 5) is 0. The van der Waals surface area contributed by atoms with E-state index >= 15 is 0 Å². The molecule has 0 radical (unpaired) electrons. The lowest BCUT2D eigenvalue weighted by atomic mass is 10.0. The fraction of sp³-hybridized carbons (Fsp3) is 1.00. The SMILES string of the molecule is C[C@H]1CO[C@H]2[C@@H]1OCC2(F)F. The molecule has 2 rings (SSSR count). The highest BCUT2D eigenvalue weighted by Gasteiger charge is 2.57. The van der Waals surface area contributed by atoms with Gasteiger partial charge in [0.05, 0.1) is 12.7 Å². The van der Waals surface area contributed by atoms with E-state index in [-0.39, 0.29) is 12.0 Å². The quantitative estimate of drug-likeness (QED) is 0.533. The van der Waals surface area contributed by atoms with Crippen molar-refractivity contribution in [1.29, 1.82) is 0 Å². The number of alkyl halides is 2. The van der Waals surface area contributed by atoms with Crippen LogP contribution < -0.4 is 0 Å². The second kappa shape index (κ2) is 2.14. The first-order valence-electron chi connectivity index (χ1n) is 3.72. The van der Waals surface area contributed by atoms with Gasteiger partial charge in [-0.3, -0.25) is 0 Å². The van der Waals surface area contributed by atoms with Crippen molar-refractivity contribution in [3.63, 3.8) is 0 Å². The first-order chi connectivity index (χ1) is 5.11. The molecule has 4 heteroatoms. The van der Waals surface area contributed by atoms with Gasteiger partial charge in [-0.05, 0) is 0 Å². The monoisotopic (exact) mass is 164 g/mol. The van der Waals surface area contributed by atoms with Crippen molar-refractivity contribution in [3.8, 4) is 0 Å². The average molecular weight is 164 g/mol. The van der Waals surface area contributed by atoms with E-state index in [1.54, 1.807) is 0 Å². The highest BCUT2D eigenvalue weighted by molar-refractivity contribution is 4.97. The molecule has 2 fully saturated rings. The largest absolute Gasteiger partial charge is 0.369 e. The summed E-state index contributed by atoms with van der Waals surface area (Å²) < 4.78 is 35.5. The molecular formula is C7H10F2O2. The van der Waals surface area contributed by atoms with E-state index in [9.17, 15) is 8.78 Å². The van der Waals surface area contributed by atoms with Gasteiger partial charge in [0.1, 0.15) is 12.7 Å². The molecule has 0 bridgehead atoms. The van der Waals surface area contributed by atoms with E-state index in [2.05, 4.69) is 0 Å². The van der Waals surface area contributed by atoms with E-state index < -0.39 is 18.6 Å². The number of halogens is 2. The molecule has 2 aliphatic rings. The van der Waals surface area contributed by atoms with E-state index in [1.807, 2.05) is 6.92 Å². The van der Waals surface area contributed by atoms with Crippen molar-refractivity contribution in [2.24, 2.45) is 5.92 Å². The second-order valence-corrected chi connectivity index (χ2v) is 3.27. The fourth-order valence-electron chi connectivity index (χ4n) is 1.65. The van der Waals surface area contributed by atoms with Gasteiger partial charge < -0.3 is 9.47 Å². The summed E-state index contributed by atoms with van der Waals surface area (Å²) in [5, 5.41) is 0. The Morgan fingerprint density at radius 1 is 1.36 bits per heavy atom. The van der Waals surface area contributed by atoms with Gasteiger partial charge in [0.15, 0.2) is 0 Å². The lowest BCUT2D eigenvalue weighted by molar-refractivity contribution is -0.0953. The third-order valence-corrected chi connectivity index (χ3v) is 2.28. The van der Waals surface area contributed by atoms with Crippen molar-refractivity contribution in [2.75, 3.05) is 13.2 Å². The van der Waals surface area contributed by atoms with E-state index in [4.69, 9.17) is 9.47 Å². The Balaban J connectivity index is 2.17. The highest BCUT2D eigenvalue weighted by atomic mass is 19.3. The van der Waals surface area contributed by atoms with E-state index in [0.29, 0.717) is 6.61 Å². The number of hydrogen-bond acceptors (Lipinski definition) is 2. The van der Waals surface area contributed by atoms with Gasteiger partial charge in [-0.15, -0.1) is 0 Å². The van der Waals surface area contributed by atoms with Gasteiger partial charge in [-0.2, -0.15) is 0 Å². The molecule has 11 heavy (non-hydrogen) atoms. The molecule has 2 saturated heterocycles. The summed E-state index contributed by atoms with van der Waals surface area (Å²) in [7, 11) is 0. The smallest absolute Gasteiger partial charge is 0.299 e. The average Bonchev–Trinajstić information content (AvgIpc) is 2.39. The van der Waals surface area contributed by atoms with Gasteiger partial charge in [-0.1, -0.05) is 6.92 Å². The van der Waals surface area contributed by atoms with E-state index in [1.165, 1.54) is 0 Å². The molecule has 0 amide bonds. The molecule has 0 aromatic rings. The Morgan fingerprint density at radius 3 is 2.73 bits per heavy atom. The van der Waals surface area contributed by atoms with Crippen LogP contribution in [0.3, 0.4) is 0 Å². The molecule has 3 atom stereocenters. The summed E-state index contributed by atoms with van der Waals surface area (Å²) >= 11 is 0. The van der Waals surface area contributed by atoms with Gasteiger partial charge in [0, 0.05) is 5.92 Å². The molecule has 0 unspecified atom stereocenters. The van der Waals surface area contributed by atoms with Gasteiger partial charge in [0.2, 0.25) is 0 Å². The van der Waals surface area contributed by atoms with Crippen LogP contribution in [0.15, 0.2) is 0 Å². The zero-order chi connectivity index (χ0) is 8.06. The van der Waals surface area contributed by atoms with Crippen molar-refractivity contribution in [3.05, 3.63) is 0 Å². The van der Waals surface area contributed by atoms with Crippen LogP contribution in [0.25, 0.3) is 0 Å². The predicted octanol–water partition coefficient (Wildman–Crippen LogP) is 1.06. The highest BCUT2D eigenvalue weighted by Crippen LogP contribution is 2.39. The summed E-state index contributed by atoms with van der Waals surface area (Å²) in [5.41, 5.74) is 0. The van der Waals surface area contributed by atoms with E-state index in [0.717, 1.165) is 0 Å². The molecular weight excluding hydrogens is 154 g/mol. The van der Waals surface area contributed by atoms with Gasteiger partial charge in [0.25, 0.3) is 5.92 Å². The maximum Gasteiger partial charge on any atom is 0.299 e. The first-order valence-corrected chi connectivity index (χ1v) is 3.72. The number of rotatable bonds is 0. The zero-order valence-electron chi connectivity index (χ0n) is 6.22. The molecule has 2 heterocycles. The van der Waals surface area contributed by atoms with Gasteiger partial charge in [-0.25, -0.2) is 8.78 Å². The maximum absolute atomic E-state index is 12.8. The standard InChI is InChI=1S/C7H10F2O2/c1-4-2-10-6-5(4)11-3-7(6,8)9/h4-6H,2-3H2,1H3/t4-,5+,6-/m0/s1. The van der Waals surface area contributed by atoms with Crippen molar-refractivity contribution >= 4 is 0 Å². The second-order valence-electron chi connectivity index (χ2n) is 3.27. The summed E-state index contributed by atoms with van der Waals surface area (Å²) in [6, 6.07) is 0. The number of ether oxygens (including phenoxy) is 2.